The molecule has 0 aliphatic rings. The first-order valence-electron chi connectivity index (χ1n) is 9.37. The van der Waals surface area contributed by atoms with E-state index in [1.54, 1.807) is 0 Å². The lowest BCUT2D eigenvalue weighted by Gasteiger charge is -2.06. The summed E-state index contributed by atoms with van der Waals surface area (Å²) in [6.45, 7) is 2.11. The third kappa shape index (κ3) is 2.78. The van der Waals surface area contributed by atoms with E-state index in [4.69, 9.17) is 10.1 Å². The van der Waals surface area contributed by atoms with Crippen LogP contribution in [0, 0.1) is 6.92 Å². The summed E-state index contributed by atoms with van der Waals surface area (Å²) in [7, 11) is 0. The highest BCUT2D eigenvalue weighted by Gasteiger charge is 2.18. The van der Waals surface area contributed by atoms with Crippen molar-refractivity contribution >= 4 is 11.0 Å². The molecule has 0 saturated heterocycles. The van der Waals surface area contributed by atoms with Gasteiger partial charge < -0.3 is 0 Å². The third-order valence-corrected chi connectivity index (χ3v) is 4.98. The number of aryl methyl sites for hydroxylation is 1. The molecule has 0 aliphatic heterocycles. The molecule has 5 rings (SSSR count). The van der Waals surface area contributed by atoms with Gasteiger partial charge in [0.25, 0.3) is 0 Å². The summed E-state index contributed by atoms with van der Waals surface area (Å²) < 4.78 is 1.94. The molecule has 0 aliphatic carbocycles. The molecular weight excluding hydrogens is 342 g/mol. The van der Waals surface area contributed by atoms with Gasteiger partial charge in [0.1, 0.15) is 5.69 Å². The van der Waals surface area contributed by atoms with E-state index in [9.17, 15) is 0 Å². The zero-order chi connectivity index (χ0) is 18.9. The molecule has 0 fully saturated rings. The largest absolute Gasteiger partial charge is 0.236 e. The highest BCUT2D eigenvalue weighted by Crippen LogP contribution is 2.36. The first-order valence-corrected chi connectivity index (χ1v) is 9.37. The highest BCUT2D eigenvalue weighted by molar-refractivity contribution is 6.03. The molecule has 5 aromatic rings. The van der Waals surface area contributed by atoms with E-state index in [1.807, 2.05) is 47.3 Å². The van der Waals surface area contributed by atoms with Crippen molar-refractivity contribution in [1.82, 2.24) is 14.8 Å². The van der Waals surface area contributed by atoms with Crippen molar-refractivity contribution < 1.29 is 0 Å². The summed E-state index contributed by atoms with van der Waals surface area (Å²) in [4.78, 5) is 4.71. The first kappa shape index (κ1) is 16.5. The Labute approximate surface area is 163 Å². The SMILES string of the molecule is Cc1ccc(-c2ccnc3c2c(-c2ccccc2)nn3-c2ccccc2)cc1. The van der Waals surface area contributed by atoms with Crippen molar-refractivity contribution in [2.24, 2.45) is 0 Å². The number of pyridine rings is 1. The zero-order valence-electron chi connectivity index (χ0n) is 15.6. The second kappa shape index (κ2) is 6.78. The van der Waals surface area contributed by atoms with Crippen molar-refractivity contribution in [1.29, 1.82) is 0 Å². The quantitative estimate of drug-likeness (QED) is 0.391. The molecule has 0 N–H and O–H groups in total. The van der Waals surface area contributed by atoms with Crippen molar-refractivity contribution in [3.8, 4) is 28.1 Å². The summed E-state index contributed by atoms with van der Waals surface area (Å²) in [5.74, 6) is 0. The molecule has 2 heterocycles. The average molecular weight is 361 g/mol. The minimum Gasteiger partial charge on any atom is -0.236 e. The minimum atomic E-state index is 0.864. The summed E-state index contributed by atoms with van der Waals surface area (Å²) in [6.07, 6.45) is 1.87. The van der Waals surface area contributed by atoms with Gasteiger partial charge in [-0.2, -0.15) is 5.10 Å². The van der Waals surface area contributed by atoms with E-state index in [0.717, 1.165) is 33.5 Å². The number of hydrogen-bond acceptors (Lipinski definition) is 2. The Morgan fingerprint density at radius 3 is 2.07 bits per heavy atom. The molecule has 3 nitrogen and oxygen atoms in total. The van der Waals surface area contributed by atoms with Gasteiger partial charge in [-0.3, -0.25) is 0 Å². The maximum absolute atomic E-state index is 4.99. The molecule has 0 amide bonds. The molecule has 2 aromatic heterocycles. The first-order chi connectivity index (χ1) is 13.8. The molecule has 134 valence electrons. The summed E-state index contributed by atoms with van der Waals surface area (Å²) in [6, 6.07) is 31.2. The number of rotatable bonds is 3. The topological polar surface area (TPSA) is 30.7 Å². The molecule has 3 aromatic carbocycles. The second-order valence-electron chi connectivity index (χ2n) is 6.89. The lowest BCUT2D eigenvalue weighted by molar-refractivity contribution is 0.901. The molecule has 0 saturated carbocycles. The molecule has 0 radical (unpaired) electrons. The number of para-hydroxylation sites is 1. The molecule has 0 unspecified atom stereocenters. The van der Waals surface area contributed by atoms with Gasteiger partial charge in [-0.05, 0) is 36.2 Å². The monoisotopic (exact) mass is 361 g/mol. The van der Waals surface area contributed by atoms with Crippen LogP contribution in [0.3, 0.4) is 0 Å². The van der Waals surface area contributed by atoms with E-state index in [0.29, 0.717) is 0 Å². The Kier molecular flexibility index (Phi) is 3.99. The Balaban J connectivity index is 1.85. The molecule has 28 heavy (non-hydrogen) atoms. The van der Waals surface area contributed by atoms with E-state index in [-0.39, 0.29) is 0 Å². The van der Waals surface area contributed by atoms with Gasteiger partial charge in [0.2, 0.25) is 0 Å². The van der Waals surface area contributed by atoms with Crippen molar-refractivity contribution in [2.45, 2.75) is 6.92 Å². The maximum Gasteiger partial charge on any atom is 0.164 e. The van der Waals surface area contributed by atoms with Crippen LogP contribution in [0.5, 0.6) is 0 Å². The van der Waals surface area contributed by atoms with Gasteiger partial charge in [-0.15, -0.1) is 0 Å². The molecular formula is C25H19N3. The molecule has 0 bridgehead atoms. The Morgan fingerprint density at radius 2 is 1.36 bits per heavy atom. The third-order valence-electron chi connectivity index (χ3n) is 4.98. The van der Waals surface area contributed by atoms with Crippen molar-refractivity contribution in [3.05, 3.63) is 103 Å². The van der Waals surface area contributed by atoms with Crippen LogP contribution in [0.25, 0.3) is 39.1 Å². The van der Waals surface area contributed by atoms with Gasteiger partial charge in [-0.1, -0.05) is 78.4 Å². The number of fused-ring (bicyclic) bond motifs is 1. The predicted molar refractivity (Wildman–Crippen MR) is 114 cm³/mol. The highest BCUT2D eigenvalue weighted by atomic mass is 15.3. The molecule has 0 spiro atoms. The number of benzene rings is 3. The Morgan fingerprint density at radius 1 is 0.679 bits per heavy atom. The second-order valence-corrected chi connectivity index (χ2v) is 6.89. The fourth-order valence-corrected chi connectivity index (χ4v) is 3.56. The number of nitrogens with zero attached hydrogens (tertiary/aromatic N) is 3. The van der Waals surface area contributed by atoms with Crippen molar-refractivity contribution in [3.63, 3.8) is 0 Å². The van der Waals surface area contributed by atoms with E-state index < -0.39 is 0 Å². The zero-order valence-corrected chi connectivity index (χ0v) is 15.6. The summed E-state index contributed by atoms with van der Waals surface area (Å²) >= 11 is 0. The van der Waals surface area contributed by atoms with Crippen LogP contribution >= 0.6 is 0 Å². The smallest absolute Gasteiger partial charge is 0.164 e. The summed E-state index contributed by atoms with van der Waals surface area (Å²) in [5, 5.41) is 6.06. The van der Waals surface area contributed by atoms with Crippen LogP contribution in [0.15, 0.2) is 97.2 Å². The Bertz CT molecular complexity index is 1240. The minimum absolute atomic E-state index is 0.864. The lowest BCUT2D eigenvalue weighted by atomic mass is 9.99. The fraction of sp³-hybridized carbons (Fsp3) is 0.0400. The van der Waals surface area contributed by atoms with Crippen LogP contribution in [-0.2, 0) is 0 Å². The van der Waals surface area contributed by atoms with E-state index in [2.05, 4.69) is 61.5 Å². The normalized spacial score (nSPS) is 11.0. The average Bonchev–Trinajstić information content (AvgIpc) is 3.16. The molecule has 3 heteroatoms. The van der Waals surface area contributed by atoms with Crippen LogP contribution in [0.2, 0.25) is 0 Å². The maximum atomic E-state index is 4.99. The molecule has 0 atom stereocenters. The van der Waals surface area contributed by atoms with Crippen LogP contribution in [0.4, 0.5) is 0 Å². The van der Waals surface area contributed by atoms with E-state index >= 15 is 0 Å². The predicted octanol–water partition coefficient (Wildman–Crippen LogP) is 6.06. The van der Waals surface area contributed by atoms with Crippen molar-refractivity contribution in [2.75, 3.05) is 0 Å². The standard InChI is InChI=1S/C25H19N3/c1-18-12-14-19(15-13-18)22-16-17-26-25-23(22)24(20-8-4-2-5-9-20)27-28(25)21-10-6-3-7-11-21/h2-17H,1H3. The van der Waals surface area contributed by atoms with Gasteiger partial charge in [-0.25, -0.2) is 9.67 Å². The van der Waals surface area contributed by atoms with Crippen LogP contribution in [-0.4, -0.2) is 14.8 Å². The van der Waals surface area contributed by atoms with Crippen LogP contribution < -0.4 is 0 Å². The van der Waals surface area contributed by atoms with Gasteiger partial charge in [0, 0.05) is 11.8 Å². The lowest BCUT2D eigenvalue weighted by Crippen LogP contribution is -1.97. The van der Waals surface area contributed by atoms with E-state index in [1.165, 1.54) is 11.1 Å². The van der Waals surface area contributed by atoms with Gasteiger partial charge >= 0.3 is 0 Å². The Hall–Kier alpha value is -3.72. The summed E-state index contributed by atoms with van der Waals surface area (Å²) in [5.41, 5.74) is 7.46. The fourth-order valence-electron chi connectivity index (χ4n) is 3.56. The number of hydrogen-bond donors (Lipinski definition) is 0. The van der Waals surface area contributed by atoms with Crippen LogP contribution in [0.1, 0.15) is 5.56 Å². The van der Waals surface area contributed by atoms with Gasteiger partial charge in [0.05, 0.1) is 11.1 Å². The van der Waals surface area contributed by atoms with Gasteiger partial charge in [0.15, 0.2) is 5.65 Å². The number of aromatic nitrogens is 3.